The number of hydrogen-bond acceptors (Lipinski definition) is 6. The summed E-state index contributed by atoms with van der Waals surface area (Å²) < 4.78 is 1.72. The fourth-order valence-corrected chi connectivity index (χ4v) is 4.54. The third kappa shape index (κ3) is 2.71. The first-order chi connectivity index (χ1) is 14.2. The average molecular weight is 390 g/mol. The largest absolute Gasteiger partial charge is 0.396 e. The minimum atomic E-state index is -0.598. The number of benzene rings is 2. The second-order valence-corrected chi connectivity index (χ2v) is 7.53. The molecule has 1 amide bonds. The van der Waals surface area contributed by atoms with Crippen LogP contribution in [0.1, 0.15) is 18.4 Å². The molecule has 1 spiro atoms. The normalized spacial score (nSPS) is 20.7. The predicted octanol–water partition coefficient (Wildman–Crippen LogP) is 1.54. The lowest BCUT2D eigenvalue weighted by Crippen LogP contribution is -2.43. The second kappa shape index (κ2) is 6.97. The van der Waals surface area contributed by atoms with Crippen LogP contribution in [0.5, 0.6) is 0 Å². The summed E-state index contributed by atoms with van der Waals surface area (Å²) in [6.45, 7) is 1.82. The molecule has 8 nitrogen and oxygen atoms in total. The number of amides is 1. The standard InChI is InChI=1S/C21H22N6O2/c28-14-6-12-26-18-10-5-4-9-17(18)21(19(26)29)11-13-25(15-21)20-22-23-24-27(20)16-7-2-1-3-8-16/h1-5,7-10,28H,6,11-15H2. The van der Waals surface area contributed by atoms with Gasteiger partial charge in [-0.15, -0.1) is 0 Å². The quantitative estimate of drug-likeness (QED) is 0.711. The molecule has 148 valence electrons. The first-order valence-electron chi connectivity index (χ1n) is 9.86. The number of nitrogens with zero attached hydrogens (tertiary/aromatic N) is 6. The number of anilines is 2. The minimum Gasteiger partial charge on any atom is -0.396 e. The van der Waals surface area contributed by atoms with Gasteiger partial charge in [0.15, 0.2) is 0 Å². The Hall–Kier alpha value is -3.26. The molecule has 2 aliphatic heterocycles. The molecule has 1 aromatic heterocycles. The van der Waals surface area contributed by atoms with Gasteiger partial charge in [-0.25, -0.2) is 0 Å². The van der Waals surface area contributed by atoms with E-state index in [1.165, 1.54) is 0 Å². The van der Waals surface area contributed by atoms with Crippen LogP contribution in [0.4, 0.5) is 11.6 Å². The van der Waals surface area contributed by atoms with Crippen molar-refractivity contribution in [2.75, 3.05) is 36.0 Å². The first-order valence-corrected chi connectivity index (χ1v) is 9.86. The summed E-state index contributed by atoms with van der Waals surface area (Å²) in [5.41, 5.74) is 2.30. The lowest BCUT2D eigenvalue weighted by atomic mass is 9.81. The molecule has 2 aliphatic rings. The van der Waals surface area contributed by atoms with Crippen LogP contribution in [0.25, 0.3) is 5.69 Å². The van der Waals surface area contributed by atoms with Gasteiger partial charge in [0.2, 0.25) is 11.9 Å². The Morgan fingerprint density at radius 1 is 1.07 bits per heavy atom. The van der Waals surface area contributed by atoms with Crippen LogP contribution in [-0.2, 0) is 10.2 Å². The molecule has 3 heterocycles. The topological polar surface area (TPSA) is 87.4 Å². The zero-order valence-corrected chi connectivity index (χ0v) is 16.0. The highest BCUT2D eigenvalue weighted by Gasteiger charge is 2.54. The van der Waals surface area contributed by atoms with E-state index < -0.39 is 5.41 Å². The molecule has 8 heteroatoms. The van der Waals surface area contributed by atoms with Crippen molar-refractivity contribution in [1.29, 1.82) is 0 Å². The number of fused-ring (bicyclic) bond motifs is 2. The third-order valence-electron chi connectivity index (χ3n) is 5.91. The number of carbonyl (C=O) groups is 1. The van der Waals surface area contributed by atoms with Gasteiger partial charge in [-0.05, 0) is 47.0 Å². The summed E-state index contributed by atoms with van der Waals surface area (Å²) in [7, 11) is 0. The minimum absolute atomic E-state index is 0.0664. The zero-order chi connectivity index (χ0) is 19.8. The van der Waals surface area contributed by atoms with Gasteiger partial charge in [0.25, 0.3) is 0 Å². The number of carbonyl (C=O) groups excluding carboxylic acids is 1. The Morgan fingerprint density at radius 2 is 1.86 bits per heavy atom. The number of tetrazole rings is 1. The van der Waals surface area contributed by atoms with Crippen LogP contribution < -0.4 is 9.80 Å². The third-order valence-corrected chi connectivity index (χ3v) is 5.91. The molecule has 0 saturated carbocycles. The van der Waals surface area contributed by atoms with E-state index in [9.17, 15) is 9.90 Å². The SMILES string of the molecule is O=C1N(CCCO)c2ccccc2C12CCN(c1nnnn1-c1ccccc1)C2. The van der Waals surface area contributed by atoms with Gasteiger partial charge >= 0.3 is 0 Å². The second-order valence-electron chi connectivity index (χ2n) is 7.53. The number of aliphatic hydroxyl groups excluding tert-OH is 1. The highest BCUT2D eigenvalue weighted by molar-refractivity contribution is 6.09. The monoisotopic (exact) mass is 390 g/mol. The van der Waals surface area contributed by atoms with Gasteiger partial charge < -0.3 is 14.9 Å². The van der Waals surface area contributed by atoms with Gasteiger partial charge in [-0.3, -0.25) is 4.79 Å². The first kappa shape index (κ1) is 17.8. The van der Waals surface area contributed by atoms with E-state index in [0.29, 0.717) is 38.4 Å². The van der Waals surface area contributed by atoms with E-state index >= 15 is 0 Å². The number of aliphatic hydroxyl groups is 1. The Labute approximate surface area is 168 Å². The zero-order valence-electron chi connectivity index (χ0n) is 16.0. The lowest BCUT2D eigenvalue weighted by Gasteiger charge is -2.24. The predicted molar refractivity (Wildman–Crippen MR) is 108 cm³/mol. The summed E-state index contributed by atoms with van der Waals surface area (Å²) in [6, 6.07) is 17.7. The smallest absolute Gasteiger partial charge is 0.250 e. The molecule has 0 bridgehead atoms. The van der Waals surface area contributed by atoms with Gasteiger partial charge in [0.05, 0.1) is 11.1 Å². The van der Waals surface area contributed by atoms with E-state index in [-0.39, 0.29) is 12.5 Å². The molecular weight excluding hydrogens is 368 g/mol. The molecule has 2 aromatic carbocycles. The summed E-state index contributed by atoms with van der Waals surface area (Å²) in [5.74, 6) is 0.751. The molecule has 0 aliphatic carbocycles. The molecule has 1 fully saturated rings. The maximum atomic E-state index is 13.5. The Kier molecular flexibility index (Phi) is 4.28. The van der Waals surface area contributed by atoms with Gasteiger partial charge in [0.1, 0.15) is 0 Å². The van der Waals surface area contributed by atoms with E-state index in [1.54, 1.807) is 4.68 Å². The highest BCUT2D eigenvalue weighted by Crippen LogP contribution is 2.47. The molecular formula is C21H22N6O2. The lowest BCUT2D eigenvalue weighted by molar-refractivity contribution is -0.122. The van der Waals surface area contributed by atoms with Gasteiger partial charge in [-0.1, -0.05) is 41.5 Å². The van der Waals surface area contributed by atoms with Crippen LogP contribution in [-0.4, -0.2) is 57.5 Å². The van der Waals surface area contributed by atoms with E-state index in [2.05, 4.69) is 26.5 Å². The summed E-state index contributed by atoms with van der Waals surface area (Å²) in [6.07, 6.45) is 1.27. The maximum Gasteiger partial charge on any atom is 0.250 e. The summed E-state index contributed by atoms with van der Waals surface area (Å²) in [4.78, 5) is 17.4. The van der Waals surface area contributed by atoms with Gasteiger partial charge in [0, 0.05) is 31.9 Å². The van der Waals surface area contributed by atoms with Crippen molar-refractivity contribution in [3.05, 3.63) is 60.2 Å². The summed E-state index contributed by atoms with van der Waals surface area (Å²) >= 11 is 0. The number of hydrogen-bond donors (Lipinski definition) is 1. The van der Waals surface area contributed by atoms with Crippen molar-refractivity contribution >= 4 is 17.5 Å². The molecule has 29 heavy (non-hydrogen) atoms. The van der Waals surface area contributed by atoms with Crippen molar-refractivity contribution in [2.24, 2.45) is 0 Å². The van der Waals surface area contributed by atoms with E-state index in [0.717, 1.165) is 16.9 Å². The molecule has 1 saturated heterocycles. The fourth-order valence-electron chi connectivity index (χ4n) is 4.54. The molecule has 1 unspecified atom stereocenters. The van der Waals surface area contributed by atoms with E-state index in [4.69, 9.17) is 0 Å². The molecule has 1 N–H and O–H groups in total. The number of para-hydroxylation sites is 2. The van der Waals surface area contributed by atoms with Crippen LogP contribution in [0.3, 0.4) is 0 Å². The Morgan fingerprint density at radius 3 is 2.69 bits per heavy atom. The van der Waals surface area contributed by atoms with Crippen LogP contribution >= 0.6 is 0 Å². The maximum absolute atomic E-state index is 13.5. The average Bonchev–Trinajstić information content (AvgIpc) is 3.47. The fraction of sp³-hybridized carbons (Fsp3) is 0.333. The Balaban J connectivity index is 1.49. The summed E-state index contributed by atoms with van der Waals surface area (Å²) in [5, 5.41) is 21.5. The molecule has 1 atom stereocenters. The van der Waals surface area contributed by atoms with Gasteiger partial charge in [-0.2, -0.15) is 4.68 Å². The van der Waals surface area contributed by atoms with Crippen molar-refractivity contribution in [3.8, 4) is 5.69 Å². The molecule has 0 radical (unpaired) electrons. The van der Waals surface area contributed by atoms with Crippen molar-refractivity contribution in [1.82, 2.24) is 20.2 Å². The van der Waals surface area contributed by atoms with Crippen molar-refractivity contribution < 1.29 is 9.90 Å². The van der Waals surface area contributed by atoms with Crippen molar-refractivity contribution in [2.45, 2.75) is 18.3 Å². The Bertz CT molecular complexity index is 1040. The molecule has 3 aromatic rings. The van der Waals surface area contributed by atoms with Crippen LogP contribution in [0, 0.1) is 0 Å². The van der Waals surface area contributed by atoms with E-state index in [1.807, 2.05) is 53.4 Å². The van der Waals surface area contributed by atoms with Crippen LogP contribution in [0.2, 0.25) is 0 Å². The highest BCUT2D eigenvalue weighted by atomic mass is 16.3. The van der Waals surface area contributed by atoms with Crippen LogP contribution in [0.15, 0.2) is 54.6 Å². The number of aromatic nitrogens is 4. The molecule has 5 rings (SSSR count). The van der Waals surface area contributed by atoms with Crippen molar-refractivity contribution in [3.63, 3.8) is 0 Å². The number of rotatable bonds is 5.